The predicted octanol–water partition coefficient (Wildman–Crippen LogP) is 4.64. The Bertz CT molecular complexity index is 1710. The lowest BCUT2D eigenvalue weighted by atomic mass is 10.0. The molecule has 1 amide bonds. The summed E-state index contributed by atoms with van der Waals surface area (Å²) in [5.74, 6) is 1.84. The van der Waals surface area contributed by atoms with Crippen molar-refractivity contribution < 1.29 is 27.4 Å². The van der Waals surface area contributed by atoms with Gasteiger partial charge in [-0.2, -0.15) is 4.31 Å². The maximum Gasteiger partial charge on any atom is 0.264 e. The Morgan fingerprint density at radius 3 is 2.17 bits per heavy atom. The largest absolute Gasteiger partial charge is 0.495 e. The molecule has 0 atom stereocenters. The number of hydrogen-bond donors (Lipinski definition) is 0. The second-order valence-corrected chi connectivity index (χ2v) is 13.3. The van der Waals surface area contributed by atoms with Crippen molar-refractivity contribution in [1.82, 2.24) is 9.21 Å². The quantitative estimate of drug-likeness (QED) is 0.303. The molecule has 1 fully saturated rings. The molecular formula is C31H33N3O6S2. The number of nitrogens with zero attached hydrogens (tertiary/aromatic N) is 3. The van der Waals surface area contributed by atoms with Gasteiger partial charge >= 0.3 is 0 Å². The smallest absolute Gasteiger partial charge is 0.264 e. The highest BCUT2D eigenvalue weighted by atomic mass is 32.2. The molecule has 3 heterocycles. The van der Waals surface area contributed by atoms with Crippen LogP contribution >= 0.6 is 11.3 Å². The Morgan fingerprint density at radius 2 is 1.48 bits per heavy atom. The molecular weight excluding hydrogens is 574 g/mol. The van der Waals surface area contributed by atoms with Crippen molar-refractivity contribution in [2.75, 3.05) is 59.0 Å². The first-order chi connectivity index (χ1) is 20.3. The second kappa shape index (κ2) is 11.5. The van der Waals surface area contributed by atoms with Crippen LogP contribution in [-0.4, -0.2) is 77.6 Å². The van der Waals surface area contributed by atoms with Crippen molar-refractivity contribution in [2.45, 2.75) is 17.9 Å². The number of amides is 1. The number of ether oxygens (including phenoxy) is 3. The summed E-state index contributed by atoms with van der Waals surface area (Å²) >= 11 is 1.51. The van der Waals surface area contributed by atoms with Crippen molar-refractivity contribution in [3.63, 3.8) is 0 Å². The summed E-state index contributed by atoms with van der Waals surface area (Å²) in [6.45, 7) is 2.80. The number of sulfonamides is 1. The highest BCUT2D eigenvalue weighted by molar-refractivity contribution is 7.89. The van der Waals surface area contributed by atoms with E-state index in [1.165, 1.54) is 15.6 Å². The highest BCUT2D eigenvalue weighted by Crippen LogP contribution is 2.37. The van der Waals surface area contributed by atoms with E-state index >= 15 is 0 Å². The van der Waals surface area contributed by atoms with E-state index in [0.29, 0.717) is 62.1 Å². The van der Waals surface area contributed by atoms with E-state index in [9.17, 15) is 13.2 Å². The molecule has 0 saturated carbocycles. The van der Waals surface area contributed by atoms with Crippen LogP contribution in [-0.2, 0) is 23.0 Å². The van der Waals surface area contributed by atoms with Crippen molar-refractivity contribution in [2.24, 2.45) is 0 Å². The molecule has 220 valence electrons. The van der Waals surface area contributed by atoms with Crippen LogP contribution in [0.2, 0.25) is 0 Å². The van der Waals surface area contributed by atoms with Crippen molar-refractivity contribution >= 4 is 43.0 Å². The van der Waals surface area contributed by atoms with Gasteiger partial charge < -0.3 is 24.0 Å². The molecule has 1 saturated heterocycles. The summed E-state index contributed by atoms with van der Waals surface area (Å²) in [7, 11) is 0.959. The minimum atomic E-state index is -3.78. The maximum absolute atomic E-state index is 13.8. The van der Waals surface area contributed by atoms with Crippen molar-refractivity contribution in [3.8, 4) is 17.2 Å². The van der Waals surface area contributed by atoms with Gasteiger partial charge in [0.15, 0.2) is 11.5 Å². The number of carbonyl (C=O) groups excluding carboxylic acids is 1. The number of anilines is 1. The Hall–Kier alpha value is -3.80. The lowest BCUT2D eigenvalue weighted by Gasteiger charge is -2.36. The molecule has 6 rings (SSSR count). The van der Waals surface area contributed by atoms with E-state index in [0.717, 1.165) is 26.1 Å². The van der Waals surface area contributed by atoms with Crippen LogP contribution in [0.1, 0.15) is 20.8 Å². The van der Waals surface area contributed by atoms with Gasteiger partial charge in [0.05, 0.1) is 36.8 Å². The second-order valence-electron chi connectivity index (χ2n) is 10.3. The topological polar surface area (TPSA) is 88.6 Å². The number of hydrogen-bond acceptors (Lipinski definition) is 8. The molecule has 0 spiro atoms. The standard InChI is InChI=1S/C31H33N3O6S2/c1-38-26-9-8-24(42(36,37)34-11-10-21-16-27(39-2)28(40-3)17-23(21)20-34)19-25(26)32-12-14-33(15-13-32)31(35)30-18-22-6-4-5-7-29(22)41-30/h4-9,16-19H,10-15,20H2,1-3H3. The monoisotopic (exact) mass is 607 g/mol. The van der Waals surface area contributed by atoms with Crippen LogP contribution in [0, 0.1) is 0 Å². The highest BCUT2D eigenvalue weighted by Gasteiger charge is 2.31. The Morgan fingerprint density at radius 1 is 0.786 bits per heavy atom. The lowest BCUT2D eigenvalue weighted by molar-refractivity contribution is 0.0751. The number of piperazine rings is 1. The third kappa shape index (κ3) is 5.16. The van der Waals surface area contributed by atoms with E-state index in [1.807, 2.05) is 47.4 Å². The summed E-state index contributed by atoms with van der Waals surface area (Å²) in [5.41, 5.74) is 2.66. The van der Waals surface area contributed by atoms with Crippen LogP contribution in [0.4, 0.5) is 5.69 Å². The molecule has 1 aromatic heterocycles. The van der Waals surface area contributed by atoms with Gasteiger partial charge in [0.2, 0.25) is 10.0 Å². The minimum absolute atomic E-state index is 0.0266. The molecule has 0 aliphatic carbocycles. The zero-order valence-corrected chi connectivity index (χ0v) is 25.5. The molecule has 3 aromatic carbocycles. The molecule has 11 heteroatoms. The van der Waals surface area contributed by atoms with E-state index < -0.39 is 10.0 Å². The van der Waals surface area contributed by atoms with Gasteiger partial charge in [-0.25, -0.2) is 8.42 Å². The number of benzene rings is 3. The summed E-state index contributed by atoms with van der Waals surface area (Å²) in [6.07, 6.45) is 0.577. The Kier molecular flexibility index (Phi) is 7.73. The Labute approximate surface area is 249 Å². The number of methoxy groups -OCH3 is 3. The predicted molar refractivity (Wildman–Crippen MR) is 164 cm³/mol. The van der Waals surface area contributed by atoms with Gasteiger partial charge in [0.1, 0.15) is 5.75 Å². The number of fused-ring (bicyclic) bond motifs is 2. The average Bonchev–Trinajstić information content (AvgIpc) is 3.47. The first kappa shape index (κ1) is 28.3. The first-order valence-electron chi connectivity index (χ1n) is 13.8. The zero-order chi connectivity index (χ0) is 29.4. The molecule has 9 nitrogen and oxygen atoms in total. The number of carbonyl (C=O) groups is 1. The number of thiophene rings is 1. The Balaban J connectivity index is 1.19. The fourth-order valence-corrected chi connectivity index (χ4v) is 8.15. The van der Waals surface area contributed by atoms with E-state index in [2.05, 4.69) is 4.90 Å². The molecule has 2 aliphatic heterocycles. The molecule has 0 bridgehead atoms. The molecule has 0 radical (unpaired) electrons. The maximum atomic E-state index is 13.8. The van der Waals surface area contributed by atoms with Crippen LogP contribution in [0.3, 0.4) is 0 Å². The van der Waals surface area contributed by atoms with Gasteiger partial charge in [-0.15, -0.1) is 11.3 Å². The summed E-state index contributed by atoms with van der Waals surface area (Å²) in [6, 6.07) is 18.7. The van der Waals surface area contributed by atoms with Crippen LogP contribution in [0.15, 0.2) is 65.6 Å². The number of rotatable bonds is 7. The van der Waals surface area contributed by atoms with Gasteiger partial charge in [-0.05, 0) is 65.4 Å². The van der Waals surface area contributed by atoms with Gasteiger partial charge in [-0.3, -0.25) is 4.79 Å². The summed E-state index contributed by atoms with van der Waals surface area (Å²) < 4.78 is 46.8. The van der Waals surface area contributed by atoms with Crippen LogP contribution < -0.4 is 19.1 Å². The van der Waals surface area contributed by atoms with Gasteiger partial charge in [0, 0.05) is 44.0 Å². The van der Waals surface area contributed by atoms with E-state index in [4.69, 9.17) is 14.2 Å². The van der Waals surface area contributed by atoms with Crippen molar-refractivity contribution in [3.05, 3.63) is 76.7 Å². The zero-order valence-electron chi connectivity index (χ0n) is 23.8. The molecule has 2 aliphatic rings. The average molecular weight is 608 g/mol. The minimum Gasteiger partial charge on any atom is -0.495 e. The van der Waals surface area contributed by atoms with Crippen molar-refractivity contribution in [1.29, 1.82) is 0 Å². The van der Waals surface area contributed by atoms with E-state index in [-0.39, 0.29) is 17.3 Å². The van der Waals surface area contributed by atoms with Crippen LogP contribution in [0.25, 0.3) is 10.1 Å². The third-order valence-corrected chi connectivity index (χ3v) is 11.0. The van der Waals surface area contributed by atoms with Crippen LogP contribution in [0.5, 0.6) is 17.2 Å². The summed E-state index contributed by atoms with van der Waals surface area (Å²) in [5, 5.41) is 1.07. The molecule has 42 heavy (non-hydrogen) atoms. The molecule has 4 aromatic rings. The normalized spacial score (nSPS) is 15.9. The van der Waals surface area contributed by atoms with Gasteiger partial charge in [0.25, 0.3) is 5.91 Å². The lowest BCUT2D eigenvalue weighted by Crippen LogP contribution is -2.48. The fraction of sp³-hybridized carbons (Fsp3) is 0.323. The van der Waals surface area contributed by atoms with Gasteiger partial charge in [-0.1, -0.05) is 18.2 Å². The first-order valence-corrected chi connectivity index (χ1v) is 16.0. The fourth-order valence-electron chi connectivity index (χ4n) is 5.68. The molecule has 0 unspecified atom stereocenters. The summed E-state index contributed by atoms with van der Waals surface area (Å²) in [4.78, 5) is 18.2. The molecule has 0 N–H and O–H groups in total. The van der Waals surface area contributed by atoms with E-state index in [1.54, 1.807) is 39.5 Å². The third-order valence-electron chi connectivity index (χ3n) is 8.01. The SMILES string of the molecule is COc1cc2c(cc1OC)CN(S(=O)(=O)c1ccc(OC)c(N3CCN(C(=O)c4cc5ccccc5s4)CC3)c1)CC2.